The highest BCUT2D eigenvalue weighted by atomic mass is 32.1. The molecule has 0 unspecified atom stereocenters. The molecule has 222 valence electrons. The van der Waals surface area contributed by atoms with Crippen LogP contribution in [0.4, 0.5) is 10.0 Å². The molecule has 7 nitrogen and oxygen atoms in total. The number of rotatable bonds is 2. The topological polar surface area (TPSA) is 137 Å². The third-order valence-corrected chi connectivity index (χ3v) is 11.8. The lowest BCUT2D eigenvalue weighted by Gasteiger charge is -2.34. The number of carbonyl (C=O) groups is 1. The summed E-state index contributed by atoms with van der Waals surface area (Å²) in [5.74, 6) is -0.287. The van der Waals surface area contributed by atoms with Crippen molar-refractivity contribution in [1.82, 2.24) is 0 Å². The van der Waals surface area contributed by atoms with Gasteiger partial charge in [-0.2, -0.15) is 21.0 Å². The monoisotopic (exact) mass is 642 g/mol. The van der Waals surface area contributed by atoms with Crippen molar-refractivity contribution in [2.75, 3.05) is 0 Å². The molecule has 0 radical (unpaired) electrons. The van der Waals surface area contributed by atoms with Crippen LogP contribution in [-0.2, 0) is 11.8 Å². The first kappa shape index (κ1) is 28.7. The van der Waals surface area contributed by atoms with Gasteiger partial charge < -0.3 is 0 Å². The number of carbonyl (C=O) groups excluding carboxylic acids is 1. The third kappa shape index (κ3) is 4.22. The minimum absolute atomic E-state index is 0.0684. The lowest BCUT2D eigenvalue weighted by Crippen LogP contribution is -2.27. The average molecular weight is 643 g/mol. The number of nitriles is 4. The van der Waals surface area contributed by atoms with Crippen LogP contribution < -0.4 is 0 Å². The van der Waals surface area contributed by atoms with Gasteiger partial charge in [-0.05, 0) is 52.8 Å². The first-order valence-electron chi connectivity index (χ1n) is 15.3. The second-order valence-electron chi connectivity index (χ2n) is 12.0. The van der Waals surface area contributed by atoms with Gasteiger partial charge in [-0.25, -0.2) is 9.98 Å². The Balaban J connectivity index is 1.26. The molecule has 2 aromatic heterocycles. The molecule has 0 amide bonds. The first-order chi connectivity index (χ1) is 23.0. The van der Waals surface area contributed by atoms with E-state index in [1.165, 1.54) is 28.9 Å². The summed E-state index contributed by atoms with van der Waals surface area (Å²) < 4.78 is 0. The van der Waals surface area contributed by atoms with Crippen LogP contribution in [0.1, 0.15) is 70.3 Å². The average Bonchev–Trinajstić information content (AvgIpc) is 3.90. The number of ketones is 1. The normalized spacial score (nSPS) is 18.3. The Labute approximate surface area is 279 Å². The molecule has 47 heavy (non-hydrogen) atoms. The summed E-state index contributed by atoms with van der Waals surface area (Å²) in [7, 11) is 0. The zero-order valence-electron chi connectivity index (χ0n) is 24.9. The molecule has 0 saturated heterocycles. The van der Waals surface area contributed by atoms with E-state index in [-0.39, 0.29) is 28.1 Å². The SMILES string of the molecule is N#CC(C#N)=C1/C(=N/c2cc3c(s2)-c2sc(/N=C4\C(=O)c5ccccc5C4=C(C#N)C#N)cc2C32CCCCC2)Cc2ccccc21. The second kappa shape index (κ2) is 11.0. The Bertz CT molecular complexity index is 2350. The maximum Gasteiger partial charge on any atom is 0.212 e. The van der Waals surface area contributed by atoms with Crippen LogP contribution in [0.25, 0.3) is 20.9 Å². The smallest absolute Gasteiger partial charge is 0.212 e. The number of aliphatic imine (C=N–C) groups is 2. The fraction of sp³-hybridized carbons (Fsp3) is 0.184. The fourth-order valence-electron chi connectivity index (χ4n) is 7.61. The van der Waals surface area contributed by atoms with Crippen molar-refractivity contribution in [1.29, 1.82) is 21.0 Å². The molecule has 0 N–H and O–H groups in total. The molecule has 4 aliphatic rings. The second-order valence-corrected chi connectivity index (χ2v) is 14.0. The summed E-state index contributed by atoms with van der Waals surface area (Å²) in [5.41, 5.74) is 6.96. The molecular formula is C38H22N6OS2. The molecule has 0 aliphatic heterocycles. The molecule has 1 saturated carbocycles. The number of fused-ring (bicyclic) bond motifs is 7. The number of Topliss-reactive ketones (excluding diaryl/α,β-unsaturated/α-hetero) is 1. The van der Waals surface area contributed by atoms with E-state index in [2.05, 4.69) is 24.3 Å². The van der Waals surface area contributed by atoms with Gasteiger partial charge in [0, 0.05) is 28.5 Å². The van der Waals surface area contributed by atoms with E-state index in [1.54, 1.807) is 35.6 Å². The number of thiophene rings is 2. The van der Waals surface area contributed by atoms with Gasteiger partial charge in [0.2, 0.25) is 5.78 Å². The highest BCUT2D eigenvalue weighted by Gasteiger charge is 2.47. The Morgan fingerprint density at radius 1 is 0.681 bits per heavy atom. The van der Waals surface area contributed by atoms with Crippen LogP contribution >= 0.6 is 22.7 Å². The minimum Gasteiger partial charge on any atom is -0.287 e. The molecule has 9 heteroatoms. The van der Waals surface area contributed by atoms with Crippen LogP contribution in [0.3, 0.4) is 0 Å². The first-order valence-corrected chi connectivity index (χ1v) is 16.9. The van der Waals surface area contributed by atoms with E-state index >= 15 is 0 Å². The molecule has 1 fully saturated rings. The molecular weight excluding hydrogens is 621 g/mol. The lowest BCUT2D eigenvalue weighted by atomic mass is 9.68. The summed E-state index contributed by atoms with van der Waals surface area (Å²) >= 11 is 3.14. The van der Waals surface area contributed by atoms with Gasteiger partial charge in [0.15, 0.2) is 0 Å². The molecule has 0 atom stereocenters. The number of hydrogen-bond acceptors (Lipinski definition) is 9. The summed E-state index contributed by atoms with van der Waals surface area (Å²) in [4.78, 5) is 25.8. The van der Waals surface area contributed by atoms with E-state index in [4.69, 9.17) is 9.98 Å². The Kier molecular flexibility index (Phi) is 6.71. The molecule has 1 spiro atoms. The van der Waals surface area contributed by atoms with Crippen molar-refractivity contribution >= 4 is 61.0 Å². The van der Waals surface area contributed by atoms with Crippen molar-refractivity contribution in [2.24, 2.45) is 9.98 Å². The van der Waals surface area contributed by atoms with E-state index in [9.17, 15) is 25.8 Å². The maximum atomic E-state index is 13.5. The number of nitrogens with zero attached hydrogens (tertiary/aromatic N) is 6. The Morgan fingerprint density at radius 3 is 1.87 bits per heavy atom. The van der Waals surface area contributed by atoms with Crippen LogP contribution in [0.2, 0.25) is 0 Å². The van der Waals surface area contributed by atoms with Gasteiger partial charge in [-0.1, -0.05) is 67.8 Å². The van der Waals surface area contributed by atoms with Gasteiger partial charge in [0.25, 0.3) is 0 Å². The molecule has 8 rings (SSSR count). The lowest BCUT2D eigenvalue weighted by molar-refractivity contribution is 0.107. The van der Waals surface area contributed by atoms with Gasteiger partial charge in [0.1, 0.15) is 51.1 Å². The van der Waals surface area contributed by atoms with E-state index in [0.29, 0.717) is 33.7 Å². The standard InChI is InChI=1S/C38H22N6OS2/c39-17-22(18-40)32-24-9-3-2-8-21(24)14-29(32)43-30-15-27-36(46-30)37-28(38(27)12-6-1-7-13-38)16-31(47-37)44-34-33(23(19-41)20-42)25-10-4-5-11-26(25)35(34)45/h2-5,8-11,15-16H,1,6-7,12-14H2/b43-29+,44-34-. The minimum atomic E-state index is -0.287. The Hall–Kier alpha value is -5.71. The van der Waals surface area contributed by atoms with Gasteiger partial charge >= 0.3 is 0 Å². The van der Waals surface area contributed by atoms with E-state index < -0.39 is 0 Å². The van der Waals surface area contributed by atoms with Crippen molar-refractivity contribution in [2.45, 2.75) is 43.9 Å². The molecule has 0 bridgehead atoms. The highest BCUT2D eigenvalue weighted by molar-refractivity contribution is 7.26. The molecule has 4 aromatic rings. The predicted molar refractivity (Wildman–Crippen MR) is 183 cm³/mol. The van der Waals surface area contributed by atoms with E-state index in [1.807, 2.05) is 36.4 Å². The van der Waals surface area contributed by atoms with Crippen molar-refractivity contribution < 1.29 is 4.79 Å². The fourth-order valence-corrected chi connectivity index (χ4v) is 10.1. The summed E-state index contributed by atoms with van der Waals surface area (Å²) in [6.07, 6.45) is 5.93. The number of benzene rings is 2. The quantitative estimate of drug-likeness (QED) is 0.201. The highest BCUT2D eigenvalue weighted by Crippen LogP contribution is 2.63. The molecule has 4 aliphatic carbocycles. The summed E-state index contributed by atoms with van der Waals surface area (Å²) in [5, 5.41) is 40.5. The predicted octanol–water partition coefficient (Wildman–Crippen LogP) is 8.94. The third-order valence-electron chi connectivity index (χ3n) is 9.62. The maximum absolute atomic E-state index is 13.5. The molecule has 2 aromatic carbocycles. The Morgan fingerprint density at radius 2 is 1.23 bits per heavy atom. The van der Waals surface area contributed by atoms with Crippen LogP contribution in [-0.4, -0.2) is 17.2 Å². The zero-order valence-corrected chi connectivity index (χ0v) is 26.6. The van der Waals surface area contributed by atoms with Gasteiger partial charge in [0.05, 0.1) is 15.5 Å². The summed E-state index contributed by atoms with van der Waals surface area (Å²) in [6.45, 7) is 0. The van der Waals surface area contributed by atoms with Gasteiger partial charge in [-0.3, -0.25) is 4.79 Å². The van der Waals surface area contributed by atoms with Crippen LogP contribution in [0, 0.1) is 45.3 Å². The van der Waals surface area contributed by atoms with E-state index in [0.717, 1.165) is 57.3 Å². The molecule has 2 heterocycles. The largest absolute Gasteiger partial charge is 0.287 e. The van der Waals surface area contributed by atoms with Crippen molar-refractivity contribution in [3.8, 4) is 34.0 Å². The number of hydrogen-bond donors (Lipinski definition) is 0. The van der Waals surface area contributed by atoms with Crippen LogP contribution in [0.5, 0.6) is 0 Å². The summed E-state index contributed by atoms with van der Waals surface area (Å²) in [6, 6.07) is 27.2. The van der Waals surface area contributed by atoms with Crippen molar-refractivity contribution in [3.05, 3.63) is 105 Å². The van der Waals surface area contributed by atoms with Crippen molar-refractivity contribution in [3.63, 3.8) is 0 Å². The van der Waals surface area contributed by atoms with Gasteiger partial charge in [-0.15, -0.1) is 22.7 Å². The number of allylic oxidation sites excluding steroid dienone is 4. The van der Waals surface area contributed by atoms with Crippen LogP contribution in [0.15, 0.2) is 81.8 Å². The zero-order chi connectivity index (χ0) is 32.3.